The van der Waals surface area contributed by atoms with Gasteiger partial charge in [0, 0.05) is 44.3 Å². The van der Waals surface area contributed by atoms with E-state index < -0.39 is 0 Å². The number of ether oxygens (including phenoxy) is 1. The van der Waals surface area contributed by atoms with Gasteiger partial charge in [0.25, 0.3) is 0 Å². The first-order valence-electron chi connectivity index (χ1n) is 12.2. The molecule has 1 N–H and O–H groups in total. The van der Waals surface area contributed by atoms with Gasteiger partial charge in [-0.15, -0.1) is 5.39 Å². The third-order valence-electron chi connectivity index (χ3n) is 6.49. The standard InChI is InChI=1S/C32H26N3O2.Pt/c1-32(2,3)21-19-29(35-26-15-7-4-11-22(26)23-12-5-8-16-27(23)35)34-31(20-21)37-30-18-10-14-25(33-30)24-13-6-9-17-28(24)36;/h4-15,17-20,36H,1-3H3;/q-1;. The maximum absolute atomic E-state index is 10.3. The van der Waals surface area contributed by atoms with Crippen molar-refractivity contribution in [1.82, 2.24) is 14.5 Å². The zero-order valence-corrected chi connectivity index (χ0v) is 23.5. The number of para-hydroxylation sites is 3. The first kappa shape index (κ1) is 25.7. The molecule has 0 spiro atoms. The molecule has 0 aliphatic heterocycles. The molecule has 0 aliphatic carbocycles. The Balaban J connectivity index is 0.00000294. The van der Waals surface area contributed by atoms with Crippen LogP contribution in [0, 0.1) is 6.07 Å². The van der Waals surface area contributed by atoms with Crippen LogP contribution in [0.2, 0.25) is 0 Å². The third-order valence-corrected chi connectivity index (χ3v) is 6.49. The van der Waals surface area contributed by atoms with Crippen LogP contribution < -0.4 is 4.74 Å². The van der Waals surface area contributed by atoms with Crippen LogP contribution in [0.15, 0.2) is 97.1 Å². The molecule has 6 aromatic rings. The third kappa shape index (κ3) is 4.70. The largest absolute Gasteiger partial charge is 0.507 e. The number of pyridine rings is 2. The number of aromatic nitrogens is 3. The zero-order chi connectivity index (χ0) is 25.6. The first-order chi connectivity index (χ1) is 17.9. The average Bonchev–Trinajstić information content (AvgIpc) is 3.23. The second-order valence-electron chi connectivity index (χ2n) is 10.1. The molecule has 3 aromatic heterocycles. The molecule has 38 heavy (non-hydrogen) atoms. The normalized spacial score (nSPS) is 11.4. The number of phenolic OH excluding ortho intramolecular Hbond substituents is 1. The van der Waals surface area contributed by atoms with E-state index in [0.717, 1.165) is 33.2 Å². The molecule has 3 aromatic carbocycles. The van der Waals surface area contributed by atoms with E-state index in [4.69, 9.17) is 9.72 Å². The summed E-state index contributed by atoms with van der Waals surface area (Å²) < 4.78 is 8.39. The molecule has 192 valence electrons. The zero-order valence-electron chi connectivity index (χ0n) is 21.3. The van der Waals surface area contributed by atoms with Crippen molar-refractivity contribution in [3.05, 3.63) is 109 Å². The maximum atomic E-state index is 10.3. The molecule has 0 aliphatic rings. The van der Waals surface area contributed by atoms with Crippen molar-refractivity contribution in [2.45, 2.75) is 26.2 Å². The van der Waals surface area contributed by atoms with Gasteiger partial charge in [-0.1, -0.05) is 62.7 Å². The maximum Gasteiger partial charge on any atom is 0.223 e. The number of benzene rings is 3. The Kier molecular flexibility index (Phi) is 6.81. The van der Waals surface area contributed by atoms with Gasteiger partial charge >= 0.3 is 0 Å². The minimum absolute atomic E-state index is 0. The summed E-state index contributed by atoms with van der Waals surface area (Å²) in [5.74, 6) is 1.78. The van der Waals surface area contributed by atoms with Crippen molar-refractivity contribution < 1.29 is 30.9 Å². The monoisotopic (exact) mass is 679 g/mol. The molecule has 0 saturated carbocycles. The Morgan fingerprint density at radius 2 is 1.55 bits per heavy atom. The fourth-order valence-electron chi connectivity index (χ4n) is 4.60. The second kappa shape index (κ2) is 10.1. The molecule has 0 amide bonds. The minimum Gasteiger partial charge on any atom is -0.507 e. The summed E-state index contributed by atoms with van der Waals surface area (Å²) in [6.07, 6.45) is 0. The van der Waals surface area contributed by atoms with E-state index in [-0.39, 0.29) is 32.2 Å². The van der Waals surface area contributed by atoms with Crippen molar-refractivity contribution in [2.75, 3.05) is 0 Å². The Morgan fingerprint density at radius 3 is 2.37 bits per heavy atom. The Bertz CT molecular complexity index is 1720. The van der Waals surface area contributed by atoms with E-state index >= 15 is 0 Å². The van der Waals surface area contributed by atoms with Crippen LogP contribution in [-0.4, -0.2) is 19.6 Å². The molecule has 0 radical (unpaired) electrons. The molecule has 3 heterocycles. The van der Waals surface area contributed by atoms with E-state index in [1.54, 1.807) is 18.2 Å². The van der Waals surface area contributed by atoms with E-state index in [2.05, 4.69) is 66.7 Å². The SMILES string of the molecule is CC(C)(C)c1cc(Oc2cccc(-c3ccccc3O)n2)nc(-n2c3[c-]cccc3c3ccccc32)c1.[Pt]. The van der Waals surface area contributed by atoms with E-state index in [1.165, 1.54) is 0 Å². The first-order valence-corrected chi connectivity index (χ1v) is 12.2. The van der Waals surface area contributed by atoms with Gasteiger partial charge in [0.1, 0.15) is 11.6 Å². The molecule has 0 saturated heterocycles. The van der Waals surface area contributed by atoms with Crippen LogP contribution in [0.4, 0.5) is 0 Å². The van der Waals surface area contributed by atoms with Crippen molar-refractivity contribution >= 4 is 21.8 Å². The summed E-state index contributed by atoms with van der Waals surface area (Å²) >= 11 is 0. The number of fused-ring (bicyclic) bond motifs is 3. The van der Waals surface area contributed by atoms with Gasteiger partial charge in [0.15, 0.2) is 0 Å². The van der Waals surface area contributed by atoms with Crippen LogP contribution in [0.25, 0.3) is 38.9 Å². The summed E-state index contributed by atoms with van der Waals surface area (Å²) in [5.41, 5.74) is 4.25. The Hall–Kier alpha value is -3.95. The van der Waals surface area contributed by atoms with E-state index in [0.29, 0.717) is 23.0 Å². The minimum atomic E-state index is -0.136. The quantitative estimate of drug-likeness (QED) is 0.193. The van der Waals surface area contributed by atoms with Crippen LogP contribution in [0.1, 0.15) is 26.3 Å². The topological polar surface area (TPSA) is 60.2 Å². The Morgan fingerprint density at radius 1 is 0.789 bits per heavy atom. The molecule has 0 unspecified atom stereocenters. The summed E-state index contributed by atoms with van der Waals surface area (Å²) in [5, 5.41) is 12.6. The van der Waals surface area contributed by atoms with E-state index in [1.807, 2.05) is 48.5 Å². The van der Waals surface area contributed by atoms with Gasteiger partial charge < -0.3 is 14.4 Å². The molecule has 0 bridgehead atoms. The number of hydrogen-bond acceptors (Lipinski definition) is 4. The van der Waals surface area contributed by atoms with Gasteiger partial charge in [0.05, 0.1) is 5.69 Å². The molecule has 0 atom stereocenters. The molecule has 6 heteroatoms. The fraction of sp³-hybridized carbons (Fsp3) is 0.125. The van der Waals surface area contributed by atoms with Gasteiger partial charge in [0.2, 0.25) is 11.8 Å². The predicted octanol–water partition coefficient (Wildman–Crippen LogP) is 7.83. The van der Waals surface area contributed by atoms with Crippen LogP contribution in [0.5, 0.6) is 17.5 Å². The van der Waals surface area contributed by atoms with Gasteiger partial charge in [-0.2, -0.15) is 29.2 Å². The van der Waals surface area contributed by atoms with E-state index in [9.17, 15) is 5.11 Å². The van der Waals surface area contributed by atoms with Crippen LogP contribution in [-0.2, 0) is 26.5 Å². The average molecular weight is 680 g/mol. The molecular formula is C32H26N3O2Pt-. The molecule has 6 rings (SSSR count). The van der Waals surface area contributed by atoms with Crippen molar-refractivity contribution in [3.8, 4) is 34.6 Å². The van der Waals surface area contributed by atoms with Crippen LogP contribution in [0.3, 0.4) is 0 Å². The van der Waals surface area contributed by atoms with Crippen LogP contribution >= 0.6 is 0 Å². The smallest absolute Gasteiger partial charge is 0.223 e. The summed E-state index contributed by atoms with van der Waals surface area (Å²) in [6.45, 7) is 6.51. The number of phenols is 1. The molecule has 0 fully saturated rings. The van der Waals surface area contributed by atoms with Gasteiger partial charge in [-0.25, -0.2) is 4.98 Å². The summed E-state index contributed by atoms with van der Waals surface area (Å²) in [4.78, 5) is 9.58. The molecule has 5 nitrogen and oxygen atoms in total. The fourth-order valence-corrected chi connectivity index (χ4v) is 4.60. The second-order valence-corrected chi connectivity index (χ2v) is 10.1. The van der Waals surface area contributed by atoms with Crippen molar-refractivity contribution in [3.63, 3.8) is 0 Å². The summed E-state index contributed by atoms with van der Waals surface area (Å²) in [6, 6.07) is 34.5. The van der Waals surface area contributed by atoms with Gasteiger partial charge in [-0.3, -0.25) is 0 Å². The molecular weight excluding hydrogens is 653 g/mol. The van der Waals surface area contributed by atoms with Gasteiger partial charge in [-0.05, 0) is 46.7 Å². The number of rotatable bonds is 4. The number of nitrogens with zero attached hydrogens (tertiary/aromatic N) is 3. The van der Waals surface area contributed by atoms with Crippen molar-refractivity contribution in [2.24, 2.45) is 0 Å². The van der Waals surface area contributed by atoms with Crippen molar-refractivity contribution in [1.29, 1.82) is 0 Å². The summed E-state index contributed by atoms with van der Waals surface area (Å²) in [7, 11) is 0. The Labute approximate surface area is 236 Å². The predicted molar refractivity (Wildman–Crippen MR) is 148 cm³/mol. The number of hydrogen-bond donors (Lipinski definition) is 1. The number of aromatic hydroxyl groups is 1.